The summed E-state index contributed by atoms with van der Waals surface area (Å²) in [5.74, 6) is 0.305. The zero-order valence-corrected chi connectivity index (χ0v) is 12.4. The van der Waals surface area contributed by atoms with Gasteiger partial charge in [0, 0.05) is 38.3 Å². The number of aliphatic hydroxyl groups is 1. The van der Waals surface area contributed by atoms with Crippen LogP contribution in [0.5, 0.6) is 0 Å². The van der Waals surface area contributed by atoms with Gasteiger partial charge in [-0.15, -0.1) is 12.4 Å². The second kappa shape index (κ2) is 6.54. The number of hydrogen-bond acceptors (Lipinski definition) is 4. The van der Waals surface area contributed by atoms with Crippen LogP contribution in [0.1, 0.15) is 11.4 Å². The number of aryl methyl sites for hydroxylation is 1. The molecule has 3 heterocycles. The number of nitrogens with zero attached hydrogens (tertiary/aromatic N) is 2. The molecule has 1 saturated heterocycles. The van der Waals surface area contributed by atoms with Gasteiger partial charge in [0.2, 0.25) is 0 Å². The molecule has 0 aromatic carbocycles. The lowest BCUT2D eigenvalue weighted by molar-refractivity contribution is 0.146. The second-order valence-corrected chi connectivity index (χ2v) is 5.19. The van der Waals surface area contributed by atoms with E-state index in [0.717, 1.165) is 31.0 Å². The molecule has 5 nitrogen and oxygen atoms in total. The quantitative estimate of drug-likeness (QED) is 0.779. The normalized spacial score (nSPS) is 22.1. The third-order valence-electron chi connectivity index (χ3n) is 3.83. The highest BCUT2D eigenvalue weighted by molar-refractivity contribution is 5.85. The molecule has 2 atom stereocenters. The van der Waals surface area contributed by atoms with Crippen LogP contribution in [0, 0.1) is 12.8 Å². The van der Waals surface area contributed by atoms with Crippen molar-refractivity contribution in [3.8, 4) is 0 Å². The van der Waals surface area contributed by atoms with Crippen molar-refractivity contribution in [2.75, 3.05) is 19.6 Å². The van der Waals surface area contributed by atoms with E-state index in [1.807, 2.05) is 31.3 Å². The van der Waals surface area contributed by atoms with Crippen molar-refractivity contribution in [1.82, 2.24) is 20.0 Å². The number of pyridine rings is 1. The average Bonchev–Trinajstić information content (AvgIpc) is 2.94. The van der Waals surface area contributed by atoms with Crippen molar-refractivity contribution >= 4 is 18.1 Å². The lowest BCUT2D eigenvalue weighted by Crippen LogP contribution is -2.30. The molecule has 1 aliphatic rings. The SMILES string of the molecule is Cc1nc2ccccn2c1CNCC1CNCC1O.Cl. The van der Waals surface area contributed by atoms with E-state index < -0.39 is 0 Å². The highest BCUT2D eigenvalue weighted by Gasteiger charge is 2.24. The van der Waals surface area contributed by atoms with Crippen LogP contribution in [0.3, 0.4) is 0 Å². The first-order valence-electron chi connectivity index (χ1n) is 6.78. The van der Waals surface area contributed by atoms with E-state index in [4.69, 9.17) is 0 Å². The zero-order valence-electron chi connectivity index (χ0n) is 11.5. The minimum absolute atomic E-state index is 0. The monoisotopic (exact) mass is 296 g/mol. The van der Waals surface area contributed by atoms with Crippen LogP contribution in [-0.2, 0) is 6.54 Å². The largest absolute Gasteiger partial charge is 0.391 e. The van der Waals surface area contributed by atoms with Crippen molar-refractivity contribution in [2.24, 2.45) is 5.92 Å². The Morgan fingerprint density at radius 2 is 2.30 bits per heavy atom. The van der Waals surface area contributed by atoms with Crippen molar-refractivity contribution in [2.45, 2.75) is 19.6 Å². The summed E-state index contributed by atoms with van der Waals surface area (Å²) >= 11 is 0. The van der Waals surface area contributed by atoms with Gasteiger partial charge in [-0.3, -0.25) is 0 Å². The van der Waals surface area contributed by atoms with Gasteiger partial charge in [-0.2, -0.15) is 0 Å². The lowest BCUT2D eigenvalue weighted by atomic mass is 10.1. The zero-order chi connectivity index (χ0) is 13.2. The van der Waals surface area contributed by atoms with Gasteiger partial charge in [-0.05, 0) is 19.1 Å². The molecule has 3 N–H and O–H groups in total. The summed E-state index contributed by atoms with van der Waals surface area (Å²) in [7, 11) is 0. The van der Waals surface area contributed by atoms with Gasteiger partial charge in [0.25, 0.3) is 0 Å². The van der Waals surface area contributed by atoms with Crippen LogP contribution >= 0.6 is 12.4 Å². The summed E-state index contributed by atoms with van der Waals surface area (Å²) in [4.78, 5) is 4.54. The fourth-order valence-electron chi connectivity index (χ4n) is 2.68. The van der Waals surface area contributed by atoms with Crippen LogP contribution in [0.2, 0.25) is 0 Å². The molecule has 0 saturated carbocycles. The highest BCUT2D eigenvalue weighted by Crippen LogP contribution is 2.12. The number of hydrogen-bond donors (Lipinski definition) is 3. The number of aromatic nitrogens is 2. The summed E-state index contributed by atoms with van der Waals surface area (Å²) < 4.78 is 2.12. The minimum Gasteiger partial charge on any atom is -0.391 e. The van der Waals surface area contributed by atoms with E-state index in [-0.39, 0.29) is 18.5 Å². The first-order chi connectivity index (χ1) is 9.25. The molecule has 6 heteroatoms. The Morgan fingerprint density at radius 3 is 3.05 bits per heavy atom. The molecule has 3 rings (SSSR count). The van der Waals surface area contributed by atoms with Crippen LogP contribution in [0.15, 0.2) is 24.4 Å². The second-order valence-electron chi connectivity index (χ2n) is 5.19. The molecular formula is C14H21ClN4O. The Kier molecular flexibility index (Phi) is 4.99. The Labute approximate surface area is 124 Å². The van der Waals surface area contributed by atoms with E-state index >= 15 is 0 Å². The van der Waals surface area contributed by atoms with Gasteiger partial charge in [0.15, 0.2) is 0 Å². The van der Waals surface area contributed by atoms with Gasteiger partial charge in [-0.1, -0.05) is 6.07 Å². The fourth-order valence-corrected chi connectivity index (χ4v) is 2.68. The van der Waals surface area contributed by atoms with Gasteiger partial charge >= 0.3 is 0 Å². The topological polar surface area (TPSA) is 61.6 Å². The summed E-state index contributed by atoms with van der Waals surface area (Å²) in [5.41, 5.74) is 3.24. The molecule has 2 aromatic rings. The maximum Gasteiger partial charge on any atom is 0.137 e. The third kappa shape index (κ3) is 2.96. The average molecular weight is 297 g/mol. The third-order valence-corrected chi connectivity index (χ3v) is 3.83. The molecule has 1 aliphatic heterocycles. The molecule has 0 bridgehead atoms. The smallest absolute Gasteiger partial charge is 0.137 e. The predicted octanol–water partition coefficient (Wildman–Crippen LogP) is 0.734. The molecule has 2 aromatic heterocycles. The van der Waals surface area contributed by atoms with Gasteiger partial charge < -0.3 is 20.1 Å². The van der Waals surface area contributed by atoms with E-state index in [2.05, 4.69) is 20.0 Å². The number of nitrogens with one attached hydrogen (secondary N) is 2. The van der Waals surface area contributed by atoms with Gasteiger partial charge in [0.05, 0.1) is 17.5 Å². The first kappa shape index (κ1) is 15.3. The van der Waals surface area contributed by atoms with Gasteiger partial charge in [0.1, 0.15) is 5.65 Å². The first-order valence-corrected chi connectivity index (χ1v) is 6.78. The standard InChI is InChI=1S/C14H20N4O.ClH/c1-10-12(18-5-3-2-4-14(18)17-10)8-15-6-11-7-16-9-13(11)19;/h2-5,11,13,15-16,19H,6-9H2,1H3;1H. The lowest BCUT2D eigenvalue weighted by Gasteiger charge is -2.14. The van der Waals surface area contributed by atoms with Crippen LogP contribution in [0.4, 0.5) is 0 Å². The minimum atomic E-state index is -0.226. The van der Waals surface area contributed by atoms with E-state index in [0.29, 0.717) is 12.5 Å². The highest BCUT2D eigenvalue weighted by atomic mass is 35.5. The molecule has 0 aliphatic carbocycles. The molecule has 0 amide bonds. The number of fused-ring (bicyclic) bond motifs is 1. The Morgan fingerprint density at radius 1 is 1.45 bits per heavy atom. The number of aliphatic hydroxyl groups excluding tert-OH is 1. The summed E-state index contributed by atoms with van der Waals surface area (Å²) in [5, 5.41) is 16.4. The van der Waals surface area contributed by atoms with Crippen molar-refractivity contribution in [3.63, 3.8) is 0 Å². The Hall–Kier alpha value is -1.14. The van der Waals surface area contributed by atoms with Crippen molar-refractivity contribution in [3.05, 3.63) is 35.8 Å². The van der Waals surface area contributed by atoms with E-state index in [1.54, 1.807) is 0 Å². The number of rotatable bonds is 4. The van der Waals surface area contributed by atoms with E-state index in [9.17, 15) is 5.11 Å². The predicted molar refractivity (Wildman–Crippen MR) is 81.3 cm³/mol. The molecule has 0 spiro atoms. The molecule has 0 radical (unpaired) electrons. The van der Waals surface area contributed by atoms with Crippen LogP contribution in [0.25, 0.3) is 5.65 Å². The molecule has 2 unspecified atom stereocenters. The van der Waals surface area contributed by atoms with Gasteiger partial charge in [-0.25, -0.2) is 4.98 Å². The summed E-state index contributed by atoms with van der Waals surface area (Å²) in [6.07, 6.45) is 1.81. The maximum absolute atomic E-state index is 9.75. The Bertz CT molecular complexity index is 571. The van der Waals surface area contributed by atoms with E-state index in [1.165, 1.54) is 5.69 Å². The van der Waals surface area contributed by atoms with Crippen molar-refractivity contribution < 1.29 is 5.11 Å². The fraction of sp³-hybridized carbons (Fsp3) is 0.500. The summed E-state index contributed by atoms with van der Waals surface area (Å²) in [6.45, 7) is 5.24. The maximum atomic E-state index is 9.75. The molecule has 1 fully saturated rings. The van der Waals surface area contributed by atoms with Crippen LogP contribution in [-0.4, -0.2) is 40.2 Å². The summed E-state index contributed by atoms with van der Waals surface area (Å²) in [6, 6.07) is 6.03. The Balaban J connectivity index is 0.00000147. The van der Waals surface area contributed by atoms with Crippen LogP contribution < -0.4 is 10.6 Å². The molecule has 110 valence electrons. The molecule has 20 heavy (non-hydrogen) atoms. The number of halogens is 1. The molecular weight excluding hydrogens is 276 g/mol. The van der Waals surface area contributed by atoms with Crippen molar-refractivity contribution in [1.29, 1.82) is 0 Å². The number of β-amino-alcohol motifs (C(OH)–C–C–N with tert-alkyl or cyclic N) is 1. The number of imidazole rings is 1.